The Morgan fingerprint density at radius 1 is 0.404 bits per heavy atom. The number of para-hydroxylation sites is 3. The molecule has 0 unspecified atom stereocenters. The largest absolute Gasteiger partial charge is 0.309 e. The van der Waals surface area contributed by atoms with Gasteiger partial charge in [-0.05, 0) is 53.6 Å². The summed E-state index contributed by atoms with van der Waals surface area (Å²) < 4.78 is 2.34. The Kier molecular flexibility index (Phi) is 6.43. The smallest absolute Gasteiger partial charge is 0.160 e. The van der Waals surface area contributed by atoms with Gasteiger partial charge in [0.25, 0.3) is 0 Å². The number of hydrogen-bond acceptors (Lipinski definition) is 3. The maximum Gasteiger partial charge on any atom is 0.160 e. The van der Waals surface area contributed by atoms with Gasteiger partial charge < -0.3 is 4.57 Å². The van der Waals surface area contributed by atoms with Crippen molar-refractivity contribution in [3.63, 3.8) is 0 Å². The fraction of sp³-hybridized carbons (Fsp3) is 0. The van der Waals surface area contributed by atoms with Gasteiger partial charge in [-0.15, -0.1) is 0 Å². The Hall–Kier alpha value is -6.39. The third kappa shape index (κ3) is 4.75. The van der Waals surface area contributed by atoms with Crippen LogP contribution in [0.25, 0.3) is 83.4 Å². The summed E-state index contributed by atoms with van der Waals surface area (Å²) in [4.78, 5) is 14.7. The van der Waals surface area contributed by atoms with E-state index >= 15 is 0 Å². The summed E-state index contributed by atoms with van der Waals surface area (Å²) in [6.07, 6.45) is 1.87. The molecule has 0 aliphatic heterocycles. The molecule has 0 bridgehead atoms. The highest BCUT2D eigenvalue weighted by Gasteiger charge is 2.14. The fourth-order valence-electron chi connectivity index (χ4n) is 6.61. The van der Waals surface area contributed by atoms with E-state index in [9.17, 15) is 0 Å². The first-order valence-electron chi connectivity index (χ1n) is 15.8. The molecule has 6 aromatic carbocycles. The van der Waals surface area contributed by atoms with E-state index in [0.29, 0.717) is 5.82 Å². The zero-order chi connectivity index (χ0) is 31.2. The minimum absolute atomic E-state index is 0.693. The van der Waals surface area contributed by atoms with Crippen LogP contribution in [0.3, 0.4) is 0 Å². The van der Waals surface area contributed by atoms with Crippen LogP contribution in [-0.2, 0) is 0 Å². The Bertz CT molecular complexity index is 2490. The predicted molar refractivity (Wildman–Crippen MR) is 193 cm³/mol. The van der Waals surface area contributed by atoms with Crippen LogP contribution in [-0.4, -0.2) is 19.5 Å². The summed E-state index contributed by atoms with van der Waals surface area (Å²) in [5.41, 5.74) is 11.6. The van der Waals surface area contributed by atoms with Crippen LogP contribution in [0.5, 0.6) is 0 Å². The maximum absolute atomic E-state index is 5.12. The van der Waals surface area contributed by atoms with E-state index in [1.807, 2.05) is 36.5 Å². The zero-order valence-electron chi connectivity index (χ0n) is 25.5. The normalized spacial score (nSPS) is 11.4. The average molecular weight is 601 g/mol. The van der Waals surface area contributed by atoms with Gasteiger partial charge in [-0.25, -0.2) is 9.97 Å². The van der Waals surface area contributed by atoms with Crippen molar-refractivity contribution >= 4 is 32.7 Å². The summed E-state index contributed by atoms with van der Waals surface area (Å²) in [7, 11) is 0. The number of aromatic nitrogens is 4. The molecule has 0 aliphatic carbocycles. The van der Waals surface area contributed by atoms with Gasteiger partial charge in [0.2, 0.25) is 0 Å². The number of rotatable bonds is 5. The van der Waals surface area contributed by atoms with Crippen LogP contribution in [0.4, 0.5) is 0 Å². The van der Waals surface area contributed by atoms with Crippen LogP contribution in [0.1, 0.15) is 0 Å². The lowest BCUT2D eigenvalue weighted by atomic mass is 10.00. The molecule has 220 valence electrons. The van der Waals surface area contributed by atoms with Crippen molar-refractivity contribution in [1.29, 1.82) is 0 Å². The highest BCUT2D eigenvalue weighted by molar-refractivity contribution is 6.09. The van der Waals surface area contributed by atoms with Gasteiger partial charge in [0, 0.05) is 44.7 Å². The van der Waals surface area contributed by atoms with Crippen molar-refractivity contribution in [1.82, 2.24) is 19.5 Å². The van der Waals surface area contributed by atoms with Crippen molar-refractivity contribution in [2.24, 2.45) is 0 Å². The van der Waals surface area contributed by atoms with Gasteiger partial charge in [0.15, 0.2) is 5.82 Å². The molecular weight excluding hydrogens is 573 g/mol. The third-order valence-corrected chi connectivity index (χ3v) is 8.90. The second-order valence-corrected chi connectivity index (χ2v) is 11.7. The monoisotopic (exact) mass is 600 g/mol. The highest BCUT2D eigenvalue weighted by Crippen LogP contribution is 2.34. The first-order valence-corrected chi connectivity index (χ1v) is 15.8. The van der Waals surface area contributed by atoms with Gasteiger partial charge in [0.05, 0.1) is 27.9 Å². The van der Waals surface area contributed by atoms with Crippen molar-refractivity contribution < 1.29 is 0 Å². The van der Waals surface area contributed by atoms with Crippen molar-refractivity contribution in [2.75, 3.05) is 0 Å². The molecule has 0 atom stereocenters. The molecule has 4 heteroatoms. The number of hydrogen-bond donors (Lipinski definition) is 0. The van der Waals surface area contributed by atoms with E-state index in [1.165, 1.54) is 21.8 Å². The Labute approximate surface area is 272 Å². The predicted octanol–water partition coefficient (Wildman–Crippen LogP) is 10.8. The lowest BCUT2D eigenvalue weighted by molar-refractivity contribution is 1.17. The van der Waals surface area contributed by atoms with Gasteiger partial charge in [-0.3, -0.25) is 4.98 Å². The van der Waals surface area contributed by atoms with Crippen LogP contribution >= 0.6 is 0 Å². The number of pyridine rings is 1. The Morgan fingerprint density at radius 3 is 1.62 bits per heavy atom. The van der Waals surface area contributed by atoms with Crippen LogP contribution in [0.2, 0.25) is 0 Å². The van der Waals surface area contributed by atoms with Gasteiger partial charge in [-0.2, -0.15) is 0 Å². The molecule has 0 N–H and O–H groups in total. The van der Waals surface area contributed by atoms with Gasteiger partial charge in [-0.1, -0.05) is 121 Å². The minimum atomic E-state index is 0.693. The highest BCUT2D eigenvalue weighted by atomic mass is 15.0. The van der Waals surface area contributed by atoms with E-state index in [1.54, 1.807) is 0 Å². The van der Waals surface area contributed by atoms with Crippen LogP contribution in [0, 0.1) is 0 Å². The summed E-state index contributed by atoms with van der Waals surface area (Å²) in [6, 6.07) is 57.1. The molecule has 9 aromatic rings. The second-order valence-electron chi connectivity index (χ2n) is 11.7. The molecule has 0 spiro atoms. The van der Waals surface area contributed by atoms with Crippen molar-refractivity contribution in [3.05, 3.63) is 170 Å². The Morgan fingerprint density at radius 2 is 0.936 bits per heavy atom. The van der Waals surface area contributed by atoms with Crippen molar-refractivity contribution in [3.8, 4) is 50.7 Å². The maximum atomic E-state index is 5.12. The summed E-state index contributed by atoms with van der Waals surface area (Å²) in [5.74, 6) is 0.693. The quantitative estimate of drug-likeness (QED) is 0.197. The summed E-state index contributed by atoms with van der Waals surface area (Å²) in [5, 5.41) is 3.64. The molecule has 47 heavy (non-hydrogen) atoms. The number of fused-ring (bicyclic) bond motifs is 4. The van der Waals surface area contributed by atoms with Crippen molar-refractivity contribution in [2.45, 2.75) is 0 Å². The fourth-order valence-corrected chi connectivity index (χ4v) is 6.61. The molecule has 0 fully saturated rings. The lowest BCUT2D eigenvalue weighted by Gasteiger charge is -2.12. The molecule has 0 saturated heterocycles. The minimum Gasteiger partial charge on any atom is -0.309 e. The van der Waals surface area contributed by atoms with Crippen LogP contribution in [0.15, 0.2) is 170 Å². The van der Waals surface area contributed by atoms with E-state index in [-0.39, 0.29) is 0 Å². The first-order chi connectivity index (χ1) is 23.3. The van der Waals surface area contributed by atoms with Gasteiger partial charge >= 0.3 is 0 Å². The summed E-state index contributed by atoms with van der Waals surface area (Å²) in [6.45, 7) is 0. The third-order valence-electron chi connectivity index (χ3n) is 8.90. The molecule has 3 aromatic heterocycles. The molecule has 3 heterocycles. The molecular formula is C43H28N4. The molecule has 0 aliphatic rings. The average Bonchev–Trinajstić information content (AvgIpc) is 3.49. The van der Waals surface area contributed by atoms with Crippen LogP contribution < -0.4 is 0 Å². The molecule has 0 amide bonds. The number of nitrogens with zero attached hydrogens (tertiary/aromatic N) is 4. The van der Waals surface area contributed by atoms with Gasteiger partial charge in [0.1, 0.15) is 0 Å². The first kappa shape index (κ1) is 27.0. The number of benzene rings is 6. The lowest BCUT2D eigenvalue weighted by Crippen LogP contribution is -1.97. The van der Waals surface area contributed by atoms with E-state index < -0.39 is 0 Å². The second kappa shape index (κ2) is 11.2. The Balaban J connectivity index is 1.13. The molecule has 9 rings (SSSR count). The topological polar surface area (TPSA) is 43.6 Å². The molecule has 4 nitrogen and oxygen atoms in total. The SMILES string of the molecule is c1ccc(-c2cc(-c3ccc(-n4c5ccccc5c5ccccc54)cc3)nc(-c3ccc(-c4ccnc5ccccc45)cc3)n2)cc1. The molecule has 0 radical (unpaired) electrons. The molecule has 0 saturated carbocycles. The standard InChI is InChI=1S/C43H28N4/c1-2-10-30(11-3-1)39-28-40(31-22-24-33(25-23-31)47-41-16-8-5-13-36(41)37-14-6-9-17-42(37)47)46-43(45-39)32-20-18-29(19-21-32)34-26-27-44-38-15-7-4-12-35(34)38/h1-28H. The van der Waals surface area contributed by atoms with E-state index in [2.05, 4.69) is 143 Å². The zero-order valence-corrected chi connectivity index (χ0v) is 25.5. The van der Waals surface area contributed by atoms with E-state index in [4.69, 9.17) is 9.97 Å². The summed E-state index contributed by atoms with van der Waals surface area (Å²) >= 11 is 0. The van der Waals surface area contributed by atoms with E-state index in [0.717, 1.165) is 55.8 Å².